The maximum absolute atomic E-state index is 12.9. The van der Waals surface area contributed by atoms with E-state index in [9.17, 15) is 4.79 Å². The van der Waals surface area contributed by atoms with Crippen LogP contribution in [0.5, 0.6) is 0 Å². The summed E-state index contributed by atoms with van der Waals surface area (Å²) in [7, 11) is 1.84. The van der Waals surface area contributed by atoms with E-state index in [4.69, 9.17) is 0 Å². The number of carbonyl (C=O) groups is 1. The highest BCUT2D eigenvalue weighted by Gasteiger charge is 2.22. The Balaban J connectivity index is 1.78. The minimum atomic E-state index is -0.103. The average molecular weight is 372 g/mol. The molecule has 138 valence electrons. The van der Waals surface area contributed by atoms with E-state index < -0.39 is 0 Å². The maximum atomic E-state index is 12.9. The quantitative estimate of drug-likeness (QED) is 0.662. The molecule has 0 aliphatic heterocycles. The second-order valence-corrected chi connectivity index (χ2v) is 6.88. The molecule has 0 saturated carbocycles. The third-order valence-corrected chi connectivity index (χ3v) is 5.34. The summed E-state index contributed by atoms with van der Waals surface area (Å²) in [6.07, 6.45) is 5.46. The first-order valence-electron chi connectivity index (χ1n) is 8.85. The molecule has 0 radical (unpaired) electrons. The van der Waals surface area contributed by atoms with Crippen molar-refractivity contribution < 1.29 is 4.79 Å². The topological polar surface area (TPSA) is 55.1 Å². The molecule has 0 aromatic carbocycles. The van der Waals surface area contributed by atoms with Crippen LogP contribution in [0, 0.1) is 0 Å². The third-order valence-electron chi connectivity index (χ3n) is 4.64. The Morgan fingerprint density at radius 1 is 1.31 bits per heavy atom. The molecule has 3 aromatic rings. The van der Waals surface area contributed by atoms with Gasteiger partial charge in [0, 0.05) is 26.0 Å². The van der Waals surface area contributed by atoms with Gasteiger partial charge in [-0.1, -0.05) is 13.8 Å². The molecule has 3 rings (SSSR count). The number of aromatic nitrogens is 3. The molecule has 3 heterocycles. The Hall–Kier alpha value is -2.38. The predicted octanol–water partition coefficient (Wildman–Crippen LogP) is 3.09. The second-order valence-electron chi connectivity index (χ2n) is 6.10. The van der Waals surface area contributed by atoms with Crippen LogP contribution in [0.15, 0.2) is 47.5 Å². The van der Waals surface area contributed by atoms with Gasteiger partial charge in [0.15, 0.2) is 0 Å². The molecule has 0 saturated heterocycles. The van der Waals surface area contributed by atoms with E-state index in [2.05, 4.69) is 46.0 Å². The summed E-state index contributed by atoms with van der Waals surface area (Å²) < 4.78 is 3.62. The molecule has 1 unspecified atom stereocenters. The van der Waals surface area contributed by atoms with E-state index in [1.165, 1.54) is 5.56 Å². The van der Waals surface area contributed by atoms with Crippen LogP contribution in [-0.4, -0.2) is 44.8 Å². The molecular weight excluding hydrogens is 346 g/mol. The zero-order valence-corrected chi connectivity index (χ0v) is 16.2. The predicted molar refractivity (Wildman–Crippen MR) is 105 cm³/mol. The van der Waals surface area contributed by atoms with Gasteiger partial charge >= 0.3 is 0 Å². The van der Waals surface area contributed by atoms with Gasteiger partial charge in [0.25, 0.3) is 5.91 Å². The lowest BCUT2D eigenvalue weighted by molar-refractivity contribution is 0.0935. The summed E-state index contributed by atoms with van der Waals surface area (Å²) in [5.41, 5.74) is 1.82. The number of nitrogens with one attached hydrogen (secondary N) is 1. The van der Waals surface area contributed by atoms with Gasteiger partial charge in [0.1, 0.15) is 11.4 Å². The molecule has 0 fully saturated rings. The molecule has 26 heavy (non-hydrogen) atoms. The number of hydrogen-bond donors (Lipinski definition) is 1. The highest BCUT2D eigenvalue weighted by molar-refractivity contribution is 7.07. The van der Waals surface area contributed by atoms with Crippen molar-refractivity contribution in [1.82, 2.24) is 24.6 Å². The van der Waals surface area contributed by atoms with Gasteiger partial charge in [-0.05, 0) is 47.6 Å². The highest BCUT2D eigenvalue weighted by atomic mass is 32.1. The molecule has 0 aliphatic rings. The SMILES string of the molecule is CCN(CC)C(CNC(=O)c1cnn(C)c1-n1cccc1)c1ccsc1. The van der Waals surface area contributed by atoms with Crippen LogP contribution in [-0.2, 0) is 7.05 Å². The monoisotopic (exact) mass is 371 g/mol. The first-order chi connectivity index (χ1) is 12.7. The van der Waals surface area contributed by atoms with Gasteiger partial charge in [-0.25, -0.2) is 0 Å². The maximum Gasteiger partial charge on any atom is 0.256 e. The van der Waals surface area contributed by atoms with Crippen molar-refractivity contribution in [3.8, 4) is 5.82 Å². The highest BCUT2D eigenvalue weighted by Crippen LogP contribution is 2.22. The summed E-state index contributed by atoms with van der Waals surface area (Å²) in [4.78, 5) is 15.2. The van der Waals surface area contributed by atoms with E-state index in [0.29, 0.717) is 12.1 Å². The van der Waals surface area contributed by atoms with E-state index in [1.807, 2.05) is 36.1 Å². The number of nitrogens with zero attached hydrogens (tertiary/aromatic N) is 4. The number of thiophene rings is 1. The molecule has 1 N–H and O–H groups in total. The lowest BCUT2D eigenvalue weighted by Gasteiger charge is -2.29. The number of likely N-dealkylation sites (N-methyl/N-ethyl adjacent to an activating group) is 1. The van der Waals surface area contributed by atoms with Crippen LogP contribution >= 0.6 is 11.3 Å². The zero-order valence-electron chi connectivity index (χ0n) is 15.4. The Bertz CT molecular complexity index is 818. The van der Waals surface area contributed by atoms with E-state index in [-0.39, 0.29) is 11.9 Å². The fraction of sp³-hybridized carbons (Fsp3) is 0.368. The van der Waals surface area contributed by atoms with E-state index >= 15 is 0 Å². The molecule has 6 nitrogen and oxygen atoms in total. The minimum absolute atomic E-state index is 0.103. The third kappa shape index (κ3) is 3.73. The van der Waals surface area contributed by atoms with Crippen molar-refractivity contribution in [2.45, 2.75) is 19.9 Å². The number of aryl methyl sites for hydroxylation is 1. The van der Waals surface area contributed by atoms with Gasteiger partial charge in [0.2, 0.25) is 0 Å². The second kappa shape index (κ2) is 8.33. The van der Waals surface area contributed by atoms with Crippen molar-refractivity contribution in [2.24, 2.45) is 7.05 Å². The number of amides is 1. The largest absolute Gasteiger partial charge is 0.350 e. The summed E-state index contributed by atoms with van der Waals surface area (Å²) in [6, 6.07) is 6.17. The summed E-state index contributed by atoms with van der Waals surface area (Å²) >= 11 is 1.68. The van der Waals surface area contributed by atoms with Gasteiger partial charge in [-0.15, -0.1) is 0 Å². The molecule has 0 aliphatic carbocycles. The van der Waals surface area contributed by atoms with Crippen molar-refractivity contribution in [1.29, 1.82) is 0 Å². The molecule has 0 spiro atoms. The Morgan fingerprint density at radius 3 is 2.65 bits per heavy atom. The first kappa shape index (κ1) is 18.4. The number of hydrogen-bond acceptors (Lipinski definition) is 4. The lowest BCUT2D eigenvalue weighted by atomic mass is 10.1. The van der Waals surface area contributed by atoms with Crippen LogP contribution in [0.2, 0.25) is 0 Å². The van der Waals surface area contributed by atoms with Crippen molar-refractivity contribution >= 4 is 17.2 Å². The fourth-order valence-electron chi connectivity index (χ4n) is 3.24. The molecular formula is C19H25N5OS. The molecule has 3 aromatic heterocycles. The Morgan fingerprint density at radius 2 is 2.04 bits per heavy atom. The lowest BCUT2D eigenvalue weighted by Crippen LogP contribution is -2.38. The normalized spacial score (nSPS) is 12.5. The van der Waals surface area contributed by atoms with E-state index in [0.717, 1.165) is 18.9 Å². The minimum Gasteiger partial charge on any atom is -0.350 e. The molecule has 1 amide bonds. The van der Waals surface area contributed by atoms with Crippen LogP contribution < -0.4 is 5.32 Å². The summed E-state index contributed by atoms with van der Waals surface area (Å²) in [6.45, 7) is 6.74. The van der Waals surface area contributed by atoms with Gasteiger partial charge in [-0.2, -0.15) is 16.4 Å². The molecule has 0 bridgehead atoms. The average Bonchev–Trinajstić information content (AvgIpc) is 3.39. The number of carbonyl (C=O) groups excluding carboxylic acids is 1. The smallest absolute Gasteiger partial charge is 0.256 e. The van der Waals surface area contributed by atoms with Crippen molar-refractivity contribution in [2.75, 3.05) is 19.6 Å². The standard InChI is InChI=1S/C19H25N5OS/c1-4-23(5-2)17(15-8-11-26-14-15)13-20-18(25)16-12-21-22(3)19(16)24-9-6-7-10-24/h6-12,14,17H,4-5,13H2,1-3H3,(H,20,25). The van der Waals surface area contributed by atoms with Crippen molar-refractivity contribution in [3.05, 3.63) is 58.7 Å². The van der Waals surface area contributed by atoms with Gasteiger partial charge in [-0.3, -0.25) is 14.4 Å². The zero-order chi connectivity index (χ0) is 18.5. The molecule has 1 atom stereocenters. The van der Waals surface area contributed by atoms with Crippen LogP contribution in [0.4, 0.5) is 0 Å². The van der Waals surface area contributed by atoms with Crippen LogP contribution in [0.25, 0.3) is 5.82 Å². The molecule has 7 heteroatoms. The fourth-order valence-corrected chi connectivity index (χ4v) is 3.95. The van der Waals surface area contributed by atoms with Gasteiger partial charge in [0.05, 0.1) is 12.2 Å². The Kier molecular flexibility index (Phi) is 5.90. The first-order valence-corrected chi connectivity index (χ1v) is 9.79. The van der Waals surface area contributed by atoms with Crippen LogP contribution in [0.1, 0.15) is 35.8 Å². The summed E-state index contributed by atoms with van der Waals surface area (Å²) in [5, 5.41) is 11.6. The van der Waals surface area contributed by atoms with Crippen LogP contribution in [0.3, 0.4) is 0 Å². The van der Waals surface area contributed by atoms with Gasteiger partial charge < -0.3 is 9.88 Å². The summed E-state index contributed by atoms with van der Waals surface area (Å²) in [5.74, 6) is 0.664. The van der Waals surface area contributed by atoms with E-state index in [1.54, 1.807) is 22.2 Å². The Labute approximate surface area is 158 Å². The number of rotatable bonds is 8. The van der Waals surface area contributed by atoms with Crippen molar-refractivity contribution in [3.63, 3.8) is 0 Å².